The quantitative estimate of drug-likeness (QED) is 0.261. The predicted molar refractivity (Wildman–Crippen MR) is 60.7 cm³/mol. The Balaban J connectivity index is 2.55. The maximum atomic E-state index is 5.77. The molecule has 0 aliphatic carbocycles. The largest absolute Gasteiger partial charge is 0.494 e. The summed E-state index contributed by atoms with van der Waals surface area (Å²) in [6.07, 6.45) is 1.90. The van der Waals surface area contributed by atoms with Crippen LogP contribution in [-0.2, 0) is 0 Å². The van der Waals surface area contributed by atoms with Crippen LogP contribution in [-0.4, -0.2) is 30.1 Å². The van der Waals surface area contributed by atoms with Gasteiger partial charge in [0, 0.05) is 0 Å². The molecule has 3 nitrogen and oxygen atoms in total. The van der Waals surface area contributed by atoms with Crippen molar-refractivity contribution in [2.45, 2.75) is 15.9 Å². The van der Waals surface area contributed by atoms with Crippen LogP contribution < -0.4 is 4.74 Å². The van der Waals surface area contributed by atoms with Crippen LogP contribution in [0.4, 0.5) is 0 Å². The highest BCUT2D eigenvalue weighted by Gasteiger charge is 2.33. The standard InChI is InChI=1S/C7H5BBrClN2OS/c1-14-6-4-3(11-7(10)12-6)2(9)5(8)13-4/h2,5H,1H3. The van der Waals surface area contributed by atoms with E-state index in [1.807, 2.05) is 6.26 Å². The van der Waals surface area contributed by atoms with Gasteiger partial charge in [0.05, 0.1) is 10.8 Å². The van der Waals surface area contributed by atoms with Gasteiger partial charge in [-0.2, -0.15) is 0 Å². The van der Waals surface area contributed by atoms with Crippen molar-refractivity contribution in [1.82, 2.24) is 9.97 Å². The number of hydrogen-bond donors (Lipinski definition) is 0. The summed E-state index contributed by atoms with van der Waals surface area (Å²) in [7, 11) is 5.71. The molecule has 2 unspecified atom stereocenters. The Labute approximate surface area is 101 Å². The van der Waals surface area contributed by atoms with E-state index in [0.29, 0.717) is 5.75 Å². The normalized spacial score (nSPS) is 24.5. The molecule has 2 heterocycles. The third kappa shape index (κ3) is 1.63. The van der Waals surface area contributed by atoms with Gasteiger partial charge in [0.15, 0.2) is 5.75 Å². The van der Waals surface area contributed by atoms with Crippen molar-refractivity contribution in [1.29, 1.82) is 0 Å². The molecule has 0 bridgehead atoms. The topological polar surface area (TPSA) is 35.0 Å². The predicted octanol–water partition coefficient (Wildman–Crippen LogP) is 2.17. The number of halogens is 2. The summed E-state index contributed by atoms with van der Waals surface area (Å²) in [4.78, 5) is 8.01. The minimum atomic E-state index is -0.427. The molecule has 0 fully saturated rings. The Morgan fingerprint density at radius 3 is 2.93 bits per heavy atom. The van der Waals surface area contributed by atoms with Gasteiger partial charge in [0.1, 0.15) is 18.6 Å². The highest BCUT2D eigenvalue weighted by Crippen LogP contribution is 2.44. The molecule has 0 saturated heterocycles. The minimum absolute atomic E-state index is 0.121. The van der Waals surface area contributed by atoms with Gasteiger partial charge in [-0.1, -0.05) is 15.9 Å². The molecule has 1 aliphatic rings. The number of thioether (sulfide) groups is 1. The molecule has 1 aromatic rings. The summed E-state index contributed by atoms with van der Waals surface area (Å²) in [5, 5.41) is 0.938. The van der Waals surface area contributed by atoms with E-state index in [-0.39, 0.29) is 10.1 Å². The molecule has 2 radical (unpaired) electrons. The second-order valence-corrected chi connectivity index (χ2v) is 4.82. The number of fused-ring (bicyclic) bond motifs is 1. The average molecular weight is 291 g/mol. The van der Waals surface area contributed by atoms with E-state index < -0.39 is 6.00 Å². The van der Waals surface area contributed by atoms with Crippen LogP contribution in [0.15, 0.2) is 5.03 Å². The van der Waals surface area contributed by atoms with Gasteiger partial charge in [-0.3, -0.25) is 0 Å². The molecule has 72 valence electrons. The van der Waals surface area contributed by atoms with Crippen LogP contribution in [0.2, 0.25) is 5.28 Å². The summed E-state index contributed by atoms with van der Waals surface area (Å²) in [6.45, 7) is 0. The van der Waals surface area contributed by atoms with Gasteiger partial charge in [-0.25, -0.2) is 9.97 Å². The lowest BCUT2D eigenvalue weighted by Crippen LogP contribution is -2.14. The van der Waals surface area contributed by atoms with Crippen LogP contribution in [0.5, 0.6) is 5.75 Å². The van der Waals surface area contributed by atoms with Gasteiger partial charge >= 0.3 is 0 Å². The molecule has 0 aromatic carbocycles. The Bertz CT molecular complexity index is 381. The average Bonchev–Trinajstić information content (AvgIpc) is 2.43. The fraction of sp³-hybridized carbons (Fsp3) is 0.429. The maximum absolute atomic E-state index is 5.77. The van der Waals surface area contributed by atoms with Crippen LogP contribution in [0.3, 0.4) is 0 Å². The van der Waals surface area contributed by atoms with Crippen LogP contribution >= 0.6 is 39.3 Å². The Kier molecular flexibility index (Phi) is 2.95. The number of alkyl halides is 1. The van der Waals surface area contributed by atoms with E-state index in [1.54, 1.807) is 0 Å². The minimum Gasteiger partial charge on any atom is -0.494 e. The van der Waals surface area contributed by atoms with E-state index in [1.165, 1.54) is 11.8 Å². The molecule has 1 aromatic heterocycles. The summed E-state index contributed by atoms with van der Waals surface area (Å²) in [5.41, 5.74) is 0.724. The van der Waals surface area contributed by atoms with Gasteiger partial charge in [-0.05, 0) is 17.9 Å². The third-order valence-corrected chi connectivity index (χ3v) is 3.62. The zero-order chi connectivity index (χ0) is 10.3. The van der Waals surface area contributed by atoms with Crippen LogP contribution in [0, 0.1) is 0 Å². The smallest absolute Gasteiger partial charge is 0.223 e. The SMILES string of the molecule is [B]C1Oc2c(SC)nc(Cl)nc2C1Br. The summed E-state index contributed by atoms with van der Waals surface area (Å²) >= 11 is 10.6. The van der Waals surface area contributed by atoms with Crippen LogP contribution in [0.25, 0.3) is 0 Å². The zero-order valence-corrected chi connectivity index (χ0v) is 10.4. The fourth-order valence-electron chi connectivity index (χ4n) is 1.21. The van der Waals surface area contributed by atoms with Crippen LogP contribution in [0.1, 0.15) is 10.5 Å². The van der Waals surface area contributed by atoms with Gasteiger partial charge in [0.25, 0.3) is 0 Å². The highest BCUT2D eigenvalue weighted by molar-refractivity contribution is 9.09. The van der Waals surface area contributed by atoms with Crippen molar-refractivity contribution in [3.05, 3.63) is 11.0 Å². The van der Waals surface area contributed by atoms with Crippen molar-refractivity contribution >= 4 is 47.1 Å². The lowest BCUT2D eigenvalue weighted by molar-refractivity contribution is 0.306. The number of rotatable bonds is 1. The van der Waals surface area contributed by atoms with Gasteiger partial charge in [0.2, 0.25) is 5.28 Å². The number of nitrogens with zero attached hydrogens (tertiary/aromatic N) is 2. The molecule has 0 N–H and O–H groups in total. The first-order valence-electron chi connectivity index (χ1n) is 3.81. The van der Waals surface area contributed by atoms with E-state index in [9.17, 15) is 0 Å². The lowest BCUT2D eigenvalue weighted by Gasteiger charge is -2.06. The molecule has 2 atom stereocenters. The third-order valence-electron chi connectivity index (χ3n) is 1.83. The molecular weight excluding hydrogens is 286 g/mol. The second-order valence-electron chi connectivity index (χ2n) is 2.70. The van der Waals surface area contributed by atoms with Crippen molar-refractivity contribution in [3.8, 4) is 5.75 Å². The highest BCUT2D eigenvalue weighted by atomic mass is 79.9. The van der Waals surface area contributed by atoms with Crippen molar-refractivity contribution in [2.24, 2.45) is 0 Å². The van der Waals surface area contributed by atoms with Crippen molar-refractivity contribution in [3.63, 3.8) is 0 Å². The molecule has 0 saturated carbocycles. The molecule has 0 amide bonds. The molecule has 0 spiro atoms. The Hall–Kier alpha value is 0.0649. The first-order valence-corrected chi connectivity index (χ1v) is 6.33. The van der Waals surface area contributed by atoms with E-state index >= 15 is 0 Å². The van der Waals surface area contributed by atoms with Gasteiger partial charge < -0.3 is 4.74 Å². The van der Waals surface area contributed by atoms with Gasteiger partial charge in [-0.15, -0.1) is 11.8 Å². The van der Waals surface area contributed by atoms with E-state index in [4.69, 9.17) is 24.2 Å². The molecular formula is C7H5BBrClN2OS. The Morgan fingerprint density at radius 1 is 1.57 bits per heavy atom. The lowest BCUT2D eigenvalue weighted by atomic mass is 9.97. The second kappa shape index (κ2) is 3.91. The number of aromatic nitrogens is 2. The molecule has 2 rings (SSSR count). The van der Waals surface area contributed by atoms with Crippen molar-refractivity contribution in [2.75, 3.05) is 6.26 Å². The number of hydrogen-bond acceptors (Lipinski definition) is 4. The van der Waals surface area contributed by atoms with Crippen molar-refractivity contribution < 1.29 is 4.74 Å². The monoisotopic (exact) mass is 290 g/mol. The molecule has 1 aliphatic heterocycles. The fourth-order valence-corrected chi connectivity index (χ4v) is 2.37. The molecule has 7 heteroatoms. The zero-order valence-electron chi connectivity index (χ0n) is 7.20. The van der Waals surface area contributed by atoms with E-state index in [2.05, 4.69) is 25.9 Å². The summed E-state index contributed by atoms with van der Waals surface area (Å²) < 4.78 is 5.42. The Morgan fingerprint density at radius 2 is 2.29 bits per heavy atom. The van der Waals surface area contributed by atoms with E-state index in [0.717, 1.165) is 10.7 Å². The first kappa shape index (κ1) is 10.6. The molecule has 14 heavy (non-hydrogen) atoms. The number of ether oxygens (including phenoxy) is 1. The first-order chi connectivity index (χ1) is 6.63. The maximum Gasteiger partial charge on any atom is 0.223 e. The summed E-state index contributed by atoms with van der Waals surface area (Å²) in [5.74, 6) is 0.635. The summed E-state index contributed by atoms with van der Waals surface area (Å²) in [6, 6.07) is -0.427.